The third-order valence-corrected chi connectivity index (χ3v) is 3.71. The molecule has 1 heterocycles. The zero-order valence-corrected chi connectivity index (χ0v) is 14.0. The second-order valence-electron chi connectivity index (χ2n) is 5.14. The Morgan fingerprint density at radius 1 is 0.833 bits per heavy atom. The fraction of sp³-hybridized carbons (Fsp3) is 0.222. The average Bonchev–Trinajstić information content (AvgIpc) is 3.10. The van der Waals surface area contributed by atoms with E-state index in [4.69, 9.17) is 18.6 Å². The van der Waals surface area contributed by atoms with Crippen LogP contribution < -0.4 is 14.2 Å². The smallest absolute Gasteiger partial charge is 0.248 e. The topological polar surface area (TPSA) is 66.6 Å². The largest absolute Gasteiger partial charge is 0.493 e. The summed E-state index contributed by atoms with van der Waals surface area (Å²) >= 11 is 0. The summed E-state index contributed by atoms with van der Waals surface area (Å²) in [5.74, 6) is 2.43. The minimum Gasteiger partial charge on any atom is -0.493 e. The molecule has 0 aliphatic rings. The molecule has 6 nitrogen and oxygen atoms in total. The van der Waals surface area contributed by atoms with Crippen molar-refractivity contribution in [2.75, 3.05) is 21.3 Å². The average molecular weight is 326 g/mol. The van der Waals surface area contributed by atoms with Crippen LogP contribution in [-0.4, -0.2) is 31.5 Å². The Kier molecular flexibility index (Phi) is 4.37. The Bertz CT molecular complexity index is 833. The molecule has 3 rings (SSSR count). The van der Waals surface area contributed by atoms with Crippen LogP contribution >= 0.6 is 0 Å². The standard InChI is InChI=1S/C18H18N2O4/c1-11-7-5-6-8-13(11)18-20-19-17(24-18)12-9-14(21-2)16(23-4)15(10-12)22-3/h5-10H,1-4H3. The number of nitrogens with zero attached hydrogens (tertiary/aromatic N) is 2. The zero-order chi connectivity index (χ0) is 17.1. The molecule has 0 saturated heterocycles. The molecule has 2 aromatic carbocycles. The first-order chi connectivity index (χ1) is 11.7. The van der Waals surface area contributed by atoms with Gasteiger partial charge in [-0.3, -0.25) is 0 Å². The van der Waals surface area contributed by atoms with Gasteiger partial charge in [-0.05, 0) is 30.7 Å². The third kappa shape index (κ3) is 2.78. The van der Waals surface area contributed by atoms with Gasteiger partial charge in [0.2, 0.25) is 17.5 Å². The summed E-state index contributed by atoms with van der Waals surface area (Å²) in [7, 11) is 4.68. The van der Waals surface area contributed by atoms with E-state index in [0.717, 1.165) is 11.1 Å². The number of hydrogen-bond donors (Lipinski definition) is 0. The van der Waals surface area contributed by atoms with Crippen molar-refractivity contribution in [1.29, 1.82) is 0 Å². The quantitative estimate of drug-likeness (QED) is 0.711. The van der Waals surface area contributed by atoms with Gasteiger partial charge >= 0.3 is 0 Å². The molecule has 0 N–H and O–H groups in total. The second-order valence-corrected chi connectivity index (χ2v) is 5.14. The van der Waals surface area contributed by atoms with Crippen molar-refractivity contribution in [3.8, 4) is 40.2 Å². The molecular weight excluding hydrogens is 308 g/mol. The van der Waals surface area contributed by atoms with Gasteiger partial charge in [-0.1, -0.05) is 18.2 Å². The Labute approximate surface area is 140 Å². The summed E-state index contributed by atoms with van der Waals surface area (Å²) in [4.78, 5) is 0. The molecule has 0 atom stereocenters. The number of methoxy groups -OCH3 is 3. The van der Waals surface area contributed by atoms with Crippen LogP contribution in [0.15, 0.2) is 40.8 Å². The van der Waals surface area contributed by atoms with Crippen molar-refractivity contribution in [3.05, 3.63) is 42.0 Å². The van der Waals surface area contributed by atoms with Gasteiger partial charge in [0, 0.05) is 11.1 Å². The van der Waals surface area contributed by atoms with Crippen LogP contribution in [-0.2, 0) is 0 Å². The Hall–Kier alpha value is -3.02. The minimum atomic E-state index is 0.382. The molecule has 0 aliphatic heterocycles. The van der Waals surface area contributed by atoms with Crippen molar-refractivity contribution < 1.29 is 18.6 Å². The first-order valence-electron chi connectivity index (χ1n) is 7.37. The lowest BCUT2D eigenvalue weighted by molar-refractivity contribution is 0.324. The highest BCUT2D eigenvalue weighted by Crippen LogP contribution is 2.41. The molecule has 0 bridgehead atoms. The molecule has 0 saturated carbocycles. The van der Waals surface area contributed by atoms with Crippen LogP contribution in [0.3, 0.4) is 0 Å². The highest BCUT2D eigenvalue weighted by molar-refractivity contribution is 5.67. The van der Waals surface area contributed by atoms with E-state index in [-0.39, 0.29) is 0 Å². The monoisotopic (exact) mass is 326 g/mol. The summed E-state index contributed by atoms with van der Waals surface area (Å²) in [6, 6.07) is 11.4. The normalized spacial score (nSPS) is 10.5. The molecule has 1 aromatic heterocycles. The maximum atomic E-state index is 5.83. The van der Waals surface area contributed by atoms with E-state index >= 15 is 0 Å². The second kappa shape index (κ2) is 6.62. The van der Waals surface area contributed by atoms with Crippen LogP contribution in [0.1, 0.15) is 5.56 Å². The molecule has 6 heteroatoms. The Morgan fingerprint density at radius 3 is 2.04 bits per heavy atom. The van der Waals surface area contributed by atoms with E-state index in [1.54, 1.807) is 33.5 Å². The lowest BCUT2D eigenvalue weighted by Crippen LogP contribution is -1.95. The first-order valence-corrected chi connectivity index (χ1v) is 7.37. The summed E-state index contributed by atoms with van der Waals surface area (Å²) in [5.41, 5.74) is 2.66. The van der Waals surface area contributed by atoms with E-state index < -0.39 is 0 Å². The van der Waals surface area contributed by atoms with Crippen molar-refractivity contribution in [1.82, 2.24) is 10.2 Å². The van der Waals surface area contributed by atoms with Crippen molar-refractivity contribution in [2.45, 2.75) is 6.92 Å². The van der Waals surface area contributed by atoms with Crippen LogP contribution in [0.2, 0.25) is 0 Å². The van der Waals surface area contributed by atoms with Crippen molar-refractivity contribution in [2.24, 2.45) is 0 Å². The lowest BCUT2D eigenvalue weighted by Gasteiger charge is -2.12. The molecular formula is C18H18N2O4. The summed E-state index contributed by atoms with van der Waals surface area (Å²) in [5, 5.41) is 8.29. The van der Waals surface area contributed by atoms with Gasteiger partial charge in [-0.15, -0.1) is 10.2 Å². The van der Waals surface area contributed by atoms with Gasteiger partial charge in [-0.25, -0.2) is 0 Å². The number of aryl methyl sites for hydroxylation is 1. The van der Waals surface area contributed by atoms with Gasteiger partial charge in [0.1, 0.15) is 0 Å². The fourth-order valence-electron chi connectivity index (χ4n) is 2.47. The fourth-order valence-corrected chi connectivity index (χ4v) is 2.47. The molecule has 24 heavy (non-hydrogen) atoms. The zero-order valence-electron chi connectivity index (χ0n) is 14.0. The molecule has 3 aromatic rings. The molecule has 0 spiro atoms. The van der Waals surface area contributed by atoms with Gasteiger partial charge in [0.05, 0.1) is 21.3 Å². The lowest BCUT2D eigenvalue weighted by atomic mass is 10.1. The van der Waals surface area contributed by atoms with Crippen molar-refractivity contribution in [3.63, 3.8) is 0 Å². The van der Waals surface area contributed by atoms with Gasteiger partial charge < -0.3 is 18.6 Å². The number of hydrogen-bond acceptors (Lipinski definition) is 6. The van der Waals surface area contributed by atoms with E-state index in [1.807, 2.05) is 31.2 Å². The minimum absolute atomic E-state index is 0.382. The maximum absolute atomic E-state index is 5.83. The SMILES string of the molecule is COc1cc(-c2nnc(-c3ccccc3C)o2)cc(OC)c1OC. The van der Waals surface area contributed by atoms with E-state index in [2.05, 4.69) is 10.2 Å². The van der Waals surface area contributed by atoms with Crippen LogP contribution in [0.5, 0.6) is 17.2 Å². The van der Waals surface area contributed by atoms with Gasteiger partial charge in [0.25, 0.3) is 0 Å². The van der Waals surface area contributed by atoms with Crippen LogP contribution in [0.25, 0.3) is 22.9 Å². The van der Waals surface area contributed by atoms with Crippen LogP contribution in [0.4, 0.5) is 0 Å². The van der Waals surface area contributed by atoms with Crippen LogP contribution in [0, 0.1) is 6.92 Å². The number of aromatic nitrogens is 2. The molecule has 0 radical (unpaired) electrons. The third-order valence-electron chi connectivity index (χ3n) is 3.71. The number of benzene rings is 2. The molecule has 0 amide bonds. The van der Waals surface area contributed by atoms with E-state index in [9.17, 15) is 0 Å². The summed E-state index contributed by atoms with van der Waals surface area (Å²) < 4.78 is 21.9. The van der Waals surface area contributed by atoms with Gasteiger partial charge in [0.15, 0.2) is 11.5 Å². The molecule has 0 fully saturated rings. The van der Waals surface area contributed by atoms with Crippen molar-refractivity contribution >= 4 is 0 Å². The molecule has 0 aliphatic carbocycles. The first kappa shape index (κ1) is 15.9. The predicted octanol–water partition coefficient (Wildman–Crippen LogP) is 3.74. The summed E-state index contributed by atoms with van der Waals surface area (Å²) in [6.07, 6.45) is 0. The summed E-state index contributed by atoms with van der Waals surface area (Å²) in [6.45, 7) is 2.00. The van der Waals surface area contributed by atoms with E-state index in [1.165, 1.54) is 0 Å². The molecule has 124 valence electrons. The Balaban J connectivity index is 2.06. The maximum Gasteiger partial charge on any atom is 0.248 e. The Morgan fingerprint density at radius 2 is 1.46 bits per heavy atom. The number of ether oxygens (including phenoxy) is 3. The predicted molar refractivity (Wildman–Crippen MR) is 89.6 cm³/mol. The molecule has 0 unspecified atom stereocenters. The highest BCUT2D eigenvalue weighted by atomic mass is 16.5. The van der Waals surface area contributed by atoms with Gasteiger partial charge in [-0.2, -0.15) is 0 Å². The van der Waals surface area contributed by atoms with E-state index in [0.29, 0.717) is 34.6 Å². The highest BCUT2D eigenvalue weighted by Gasteiger charge is 2.18. The number of rotatable bonds is 5.